The number of allylic oxidation sites excluding steroid dienone is 4. The third kappa shape index (κ3) is 2.42. The topological polar surface area (TPSA) is 25.8 Å². The van der Waals surface area contributed by atoms with Crippen molar-refractivity contribution in [2.75, 3.05) is 6.54 Å². The fraction of sp³-hybridized carbons (Fsp3) is 0.852. The average Bonchev–Trinajstić information content (AvgIpc) is 3.15. The van der Waals surface area contributed by atoms with Crippen molar-refractivity contribution in [1.82, 2.24) is 0 Å². The average molecular weight is 397 g/mol. The molecule has 2 saturated carbocycles. The van der Waals surface area contributed by atoms with E-state index in [0.717, 1.165) is 29.6 Å². The molecular formula is C27H42NO+. The normalized spacial score (nSPS) is 58.3. The first-order valence-electron chi connectivity index (χ1n) is 12.8. The summed E-state index contributed by atoms with van der Waals surface area (Å²) < 4.78 is 7.06. The summed E-state index contributed by atoms with van der Waals surface area (Å²) in [6.07, 6.45) is 18.9. The molecule has 2 nitrogen and oxygen atoms in total. The second-order valence-corrected chi connectivity index (χ2v) is 12.4. The molecule has 0 amide bonds. The molecule has 0 unspecified atom stereocenters. The summed E-state index contributed by atoms with van der Waals surface area (Å²) >= 11 is 0. The molecule has 2 heterocycles. The van der Waals surface area contributed by atoms with Gasteiger partial charge < -0.3 is 10.1 Å². The number of ether oxygens (including phenoxy) is 1. The van der Waals surface area contributed by atoms with Gasteiger partial charge in [0.1, 0.15) is 0 Å². The van der Waals surface area contributed by atoms with Gasteiger partial charge in [0.2, 0.25) is 5.72 Å². The number of nitrogens with two attached hydrogens (primary N) is 1. The lowest BCUT2D eigenvalue weighted by molar-refractivity contribution is -0.786. The zero-order valence-corrected chi connectivity index (χ0v) is 19.1. The minimum absolute atomic E-state index is 0.104. The number of piperidine rings is 1. The van der Waals surface area contributed by atoms with E-state index in [2.05, 4.69) is 51.2 Å². The number of quaternary nitrogens is 1. The minimum atomic E-state index is 0.104. The van der Waals surface area contributed by atoms with Gasteiger partial charge in [-0.2, -0.15) is 0 Å². The van der Waals surface area contributed by atoms with E-state index < -0.39 is 0 Å². The molecule has 0 aromatic carbocycles. The molecule has 160 valence electrons. The van der Waals surface area contributed by atoms with Gasteiger partial charge in [-0.1, -0.05) is 45.9 Å². The lowest BCUT2D eigenvalue weighted by atomic mass is 9.47. The van der Waals surface area contributed by atoms with Crippen LogP contribution in [0.25, 0.3) is 0 Å². The largest absolute Gasteiger partial charge is 0.323 e. The molecule has 0 radical (unpaired) electrons. The van der Waals surface area contributed by atoms with E-state index in [0.29, 0.717) is 22.9 Å². The first-order valence-corrected chi connectivity index (χ1v) is 12.8. The maximum atomic E-state index is 7.06. The Hall–Kier alpha value is -0.600. The molecule has 6 rings (SSSR count). The number of hydrogen-bond acceptors (Lipinski definition) is 1. The fourth-order valence-corrected chi connectivity index (χ4v) is 9.65. The summed E-state index contributed by atoms with van der Waals surface area (Å²) in [7, 11) is 0. The van der Waals surface area contributed by atoms with Gasteiger partial charge in [-0.3, -0.25) is 0 Å². The quantitative estimate of drug-likeness (QED) is 0.608. The molecule has 0 bridgehead atoms. The van der Waals surface area contributed by atoms with Gasteiger partial charge in [-0.15, -0.1) is 0 Å². The van der Waals surface area contributed by atoms with Gasteiger partial charge in [0, 0.05) is 24.2 Å². The summed E-state index contributed by atoms with van der Waals surface area (Å²) in [6, 6.07) is 0. The molecule has 4 aliphatic carbocycles. The lowest BCUT2D eigenvalue weighted by Crippen LogP contribution is -3.00. The van der Waals surface area contributed by atoms with Crippen LogP contribution in [0, 0.1) is 46.3 Å². The Morgan fingerprint density at radius 2 is 1.93 bits per heavy atom. The molecule has 6 aliphatic rings. The molecule has 0 aromatic heterocycles. The van der Waals surface area contributed by atoms with E-state index in [9.17, 15) is 0 Å². The Kier molecular flexibility index (Phi) is 4.10. The third-order valence-corrected chi connectivity index (χ3v) is 11.3. The van der Waals surface area contributed by atoms with Crippen LogP contribution in [0.4, 0.5) is 0 Å². The van der Waals surface area contributed by atoms with Gasteiger partial charge >= 0.3 is 0 Å². The van der Waals surface area contributed by atoms with Gasteiger partial charge in [0.15, 0.2) is 0 Å². The fourth-order valence-electron chi connectivity index (χ4n) is 9.65. The molecule has 29 heavy (non-hydrogen) atoms. The summed E-state index contributed by atoms with van der Waals surface area (Å²) in [4.78, 5) is 0. The Balaban J connectivity index is 1.30. The third-order valence-electron chi connectivity index (χ3n) is 11.3. The molecule has 2 N–H and O–H groups in total. The van der Waals surface area contributed by atoms with Crippen LogP contribution in [0.5, 0.6) is 0 Å². The van der Waals surface area contributed by atoms with Crippen molar-refractivity contribution in [3.8, 4) is 0 Å². The van der Waals surface area contributed by atoms with E-state index in [-0.39, 0.29) is 5.72 Å². The Morgan fingerprint density at radius 1 is 1.07 bits per heavy atom. The van der Waals surface area contributed by atoms with E-state index in [4.69, 9.17) is 4.74 Å². The van der Waals surface area contributed by atoms with Crippen molar-refractivity contribution >= 4 is 0 Å². The van der Waals surface area contributed by atoms with Crippen molar-refractivity contribution in [3.63, 3.8) is 0 Å². The Bertz CT molecular complexity index is 746. The van der Waals surface area contributed by atoms with Crippen LogP contribution in [-0.4, -0.2) is 18.4 Å². The summed E-state index contributed by atoms with van der Waals surface area (Å²) in [5, 5.41) is 2.61. The minimum Gasteiger partial charge on any atom is -0.323 e. The van der Waals surface area contributed by atoms with Crippen LogP contribution in [0.15, 0.2) is 23.8 Å². The smallest absolute Gasteiger partial charge is 0.203 e. The maximum Gasteiger partial charge on any atom is 0.203 e. The SMILES string of the molecule is C[C@@H]1CC[C@@]2([NH2+]C1)O[C@H]1C[C@@H]3[C@@H]4CC=C5C=CCC[C@]5(C)[C@H]4CC[C@]3(C)[C@H]1[C@@H]2C. The van der Waals surface area contributed by atoms with Crippen LogP contribution in [0.1, 0.15) is 79.1 Å². The van der Waals surface area contributed by atoms with Crippen molar-refractivity contribution in [1.29, 1.82) is 0 Å². The summed E-state index contributed by atoms with van der Waals surface area (Å²) in [6.45, 7) is 11.5. The summed E-state index contributed by atoms with van der Waals surface area (Å²) in [5.74, 6) is 5.00. The van der Waals surface area contributed by atoms with Crippen molar-refractivity contribution in [3.05, 3.63) is 23.8 Å². The number of fused-ring (bicyclic) bond motifs is 7. The molecule has 1 spiro atoms. The second-order valence-electron chi connectivity index (χ2n) is 12.4. The zero-order valence-electron chi connectivity index (χ0n) is 19.1. The van der Waals surface area contributed by atoms with Gasteiger partial charge in [-0.25, -0.2) is 0 Å². The number of hydrogen-bond donors (Lipinski definition) is 1. The monoisotopic (exact) mass is 396 g/mol. The van der Waals surface area contributed by atoms with Crippen molar-refractivity contribution < 1.29 is 10.1 Å². The van der Waals surface area contributed by atoms with E-state index in [1.165, 1.54) is 57.9 Å². The molecule has 4 fully saturated rings. The van der Waals surface area contributed by atoms with Gasteiger partial charge in [-0.05, 0) is 79.1 Å². The molecule has 2 saturated heterocycles. The van der Waals surface area contributed by atoms with E-state index in [1.807, 2.05) is 0 Å². The summed E-state index contributed by atoms with van der Waals surface area (Å²) in [5.41, 5.74) is 2.71. The highest BCUT2D eigenvalue weighted by Gasteiger charge is 2.69. The number of rotatable bonds is 0. The van der Waals surface area contributed by atoms with Crippen LogP contribution in [0.3, 0.4) is 0 Å². The highest BCUT2D eigenvalue weighted by molar-refractivity contribution is 5.34. The predicted octanol–water partition coefficient (Wildman–Crippen LogP) is 5.07. The van der Waals surface area contributed by atoms with Crippen molar-refractivity contribution in [2.45, 2.75) is 90.9 Å². The van der Waals surface area contributed by atoms with Gasteiger partial charge in [0.05, 0.1) is 12.6 Å². The molecule has 2 heteroatoms. The van der Waals surface area contributed by atoms with Crippen LogP contribution < -0.4 is 5.32 Å². The van der Waals surface area contributed by atoms with Gasteiger partial charge in [0.25, 0.3) is 0 Å². The Morgan fingerprint density at radius 3 is 2.72 bits per heavy atom. The van der Waals surface area contributed by atoms with E-state index >= 15 is 0 Å². The maximum absolute atomic E-state index is 7.06. The second kappa shape index (κ2) is 6.22. The first kappa shape index (κ1) is 19.1. The van der Waals surface area contributed by atoms with Crippen LogP contribution in [-0.2, 0) is 4.74 Å². The highest BCUT2D eigenvalue weighted by Crippen LogP contribution is 2.69. The molecule has 0 aromatic rings. The highest BCUT2D eigenvalue weighted by atomic mass is 16.5. The van der Waals surface area contributed by atoms with Crippen LogP contribution in [0.2, 0.25) is 0 Å². The van der Waals surface area contributed by atoms with Crippen molar-refractivity contribution in [2.24, 2.45) is 46.3 Å². The molecule has 2 aliphatic heterocycles. The van der Waals surface area contributed by atoms with E-state index in [1.54, 1.807) is 5.57 Å². The first-order chi connectivity index (χ1) is 13.9. The predicted molar refractivity (Wildman–Crippen MR) is 117 cm³/mol. The Labute approximate surface area is 177 Å². The van der Waals surface area contributed by atoms with Crippen LogP contribution >= 0.6 is 0 Å². The standard InChI is InChI=1S/C27H41NO/c1-17-10-14-27(28-16-17)18(2)24-23(29-27)15-22-20-9-8-19-7-5-6-12-25(19,3)21(20)11-13-26(22,24)4/h5,7-8,17-18,20-24,28H,6,9-16H2,1-4H3/p+1/t17-,18+,20-,21+,22-,23+,24+,25+,26+,27-/m1/s1. The lowest BCUT2D eigenvalue weighted by Gasteiger charge is -2.57. The zero-order chi connectivity index (χ0) is 20.0. The molecular weight excluding hydrogens is 354 g/mol. The molecule has 10 atom stereocenters.